The van der Waals surface area contributed by atoms with Gasteiger partial charge in [0, 0.05) is 18.3 Å². The topological polar surface area (TPSA) is 41.0 Å². The lowest BCUT2D eigenvalue weighted by atomic mass is 10.1. The van der Waals surface area contributed by atoms with Crippen molar-refractivity contribution in [2.75, 3.05) is 19.6 Å². The van der Waals surface area contributed by atoms with Crippen molar-refractivity contribution in [3.63, 3.8) is 0 Å². The highest BCUT2D eigenvalue weighted by atomic mass is 16.1. The number of aryl methyl sites for hydroxylation is 1. The van der Waals surface area contributed by atoms with Gasteiger partial charge in [0.15, 0.2) is 0 Å². The Kier molecular flexibility index (Phi) is 3.26. The molecule has 84 valence electrons. The van der Waals surface area contributed by atoms with Crippen LogP contribution >= 0.6 is 0 Å². The molecule has 1 N–H and O–H groups in total. The summed E-state index contributed by atoms with van der Waals surface area (Å²) in [7, 11) is 0. The van der Waals surface area contributed by atoms with Crippen LogP contribution in [0.4, 0.5) is 0 Å². The molecule has 0 aliphatic carbocycles. The van der Waals surface area contributed by atoms with Gasteiger partial charge >= 0.3 is 0 Å². The second-order valence-electron chi connectivity index (χ2n) is 4.33. The largest absolute Gasteiger partial charge is 0.301 e. The molecule has 0 unspecified atom stereocenters. The molecule has 0 atom stereocenters. The first-order chi connectivity index (χ1) is 7.25. The third-order valence-electron chi connectivity index (χ3n) is 3.01. The Morgan fingerprint density at radius 1 is 1.27 bits per heavy atom. The minimum atomic E-state index is 0.0875. The first-order valence-electron chi connectivity index (χ1n) is 5.74. The van der Waals surface area contributed by atoms with E-state index in [1.165, 1.54) is 32.4 Å². The molecule has 4 nitrogen and oxygen atoms in total. The molecule has 1 aliphatic heterocycles. The Hall–Kier alpha value is -1.03. The molecule has 0 spiro atoms. The van der Waals surface area contributed by atoms with E-state index in [-0.39, 0.29) is 5.56 Å². The maximum absolute atomic E-state index is 11.4. The van der Waals surface area contributed by atoms with E-state index in [1.807, 2.05) is 6.92 Å². The molecule has 0 aromatic carbocycles. The van der Waals surface area contributed by atoms with Crippen molar-refractivity contribution >= 4 is 0 Å². The van der Waals surface area contributed by atoms with Gasteiger partial charge in [0.25, 0.3) is 5.56 Å². The number of hydrogen-bond donors (Lipinski definition) is 1. The van der Waals surface area contributed by atoms with Gasteiger partial charge in [-0.3, -0.25) is 14.6 Å². The summed E-state index contributed by atoms with van der Waals surface area (Å²) in [5, 5.41) is 3.06. The first-order valence-corrected chi connectivity index (χ1v) is 5.74. The zero-order valence-corrected chi connectivity index (χ0v) is 9.33. The predicted molar refractivity (Wildman–Crippen MR) is 60.1 cm³/mol. The van der Waals surface area contributed by atoms with Crippen LogP contribution < -0.4 is 5.56 Å². The molecule has 2 rings (SSSR count). The molecular weight excluding hydrogens is 190 g/mol. The molecule has 0 amide bonds. The third-order valence-corrected chi connectivity index (χ3v) is 3.01. The molecular formula is C11H19N3O. The molecule has 2 heterocycles. The fraction of sp³-hybridized carbons (Fsp3) is 0.727. The number of nitrogens with zero attached hydrogens (tertiary/aromatic N) is 2. The van der Waals surface area contributed by atoms with Crippen molar-refractivity contribution in [1.82, 2.24) is 14.7 Å². The number of aromatic nitrogens is 2. The number of piperidine rings is 1. The zero-order chi connectivity index (χ0) is 10.7. The van der Waals surface area contributed by atoms with Crippen LogP contribution in [0.3, 0.4) is 0 Å². The smallest absolute Gasteiger partial charge is 0.266 e. The second kappa shape index (κ2) is 4.66. The Labute approximate surface area is 89.9 Å². The maximum atomic E-state index is 11.4. The lowest BCUT2D eigenvalue weighted by Gasteiger charge is -2.26. The van der Waals surface area contributed by atoms with Gasteiger partial charge < -0.3 is 4.90 Å². The molecule has 15 heavy (non-hydrogen) atoms. The monoisotopic (exact) mass is 209 g/mol. The van der Waals surface area contributed by atoms with Crippen LogP contribution in [0.15, 0.2) is 10.9 Å². The number of nitrogens with one attached hydrogen (secondary N) is 1. The number of likely N-dealkylation sites (tertiary alicyclic amines) is 1. The highest BCUT2D eigenvalue weighted by Gasteiger charge is 2.10. The molecule has 1 aliphatic rings. The molecule has 0 saturated carbocycles. The van der Waals surface area contributed by atoms with E-state index >= 15 is 0 Å². The Morgan fingerprint density at radius 3 is 2.60 bits per heavy atom. The van der Waals surface area contributed by atoms with Crippen LogP contribution in [-0.2, 0) is 6.54 Å². The Balaban J connectivity index is 1.87. The number of hydrogen-bond acceptors (Lipinski definition) is 2. The van der Waals surface area contributed by atoms with Gasteiger partial charge in [-0.1, -0.05) is 6.42 Å². The van der Waals surface area contributed by atoms with Crippen molar-refractivity contribution < 1.29 is 0 Å². The quantitative estimate of drug-likeness (QED) is 0.806. The highest BCUT2D eigenvalue weighted by Crippen LogP contribution is 2.07. The number of H-pyrrole nitrogens is 1. The van der Waals surface area contributed by atoms with E-state index in [0.29, 0.717) is 0 Å². The van der Waals surface area contributed by atoms with Gasteiger partial charge in [-0.05, 0) is 32.9 Å². The average Bonchev–Trinajstić information content (AvgIpc) is 2.56. The van der Waals surface area contributed by atoms with Crippen molar-refractivity contribution in [2.45, 2.75) is 32.7 Å². The fourth-order valence-corrected chi connectivity index (χ4v) is 2.15. The van der Waals surface area contributed by atoms with Crippen LogP contribution in [0.5, 0.6) is 0 Å². The van der Waals surface area contributed by atoms with Gasteiger partial charge in [-0.15, -0.1) is 0 Å². The molecule has 1 saturated heterocycles. The van der Waals surface area contributed by atoms with E-state index in [9.17, 15) is 4.79 Å². The summed E-state index contributed by atoms with van der Waals surface area (Å²) < 4.78 is 1.70. The third kappa shape index (κ3) is 2.72. The number of rotatable bonds is 3. The fourth-order valence-electron chi connectivity index (χ4n) is 2.15. The summed E-state index contributed by atoms with van der Waals surface area (Å²) in [6.45, 7) is 6.06. The van der Waals surface area contributed by atoms with Gasteiger partial charge in [-0.2, -0.15) is 0 Å². The molecule has 1 aromatic rings. The average molecular weight is 209 g/mol. The van der Waals surface area contributed by atoms with Gasteiger partial charge in [-0.25, -0.2) is 0 Å². The minimum Gasteiger partial charge on any atom is -0.301 e. The Bertz CT molecular complexity index is 360. The molecule has 0 radical (unpaired) electrons. The van der Waals surface area contributed by atoms with Crippen molar-refractivity contribution in [2.24, 2.45) is 0 Å². The summed E-state index contributed by atoms with van der Waals surface area (Å²) in [4.78, 5) is 13.9. The summed E-state index contributed by atoms with van der Waals surface area (Å²) in [5.41, 5.74) is 1.03. The highest BCUT2D eigenvalue weighted by molar-refractivity contribution is 4.95. The first kappa shape index (κ1) is 10.5. The second-order valence-corrected chi connectivity index (χ2v) is 4.33. The van der Waals surface area contributed by atoms with Gasteiger partial charge in [0.2, 0.25) is 0 Å². The number of aromatic amines is 1. The van der Waals surface area contributed by atoms with E-state index < -0.39 is 0 Å². The standard InChI is InChI=1S/C11H19N3O/c1-10-9-11(15)14(12-10)8-7-13-5-3-2-4-6-13/h9,12H,2-8H2,1H3. The van der Waals surface area contributed by atoms with Crippen molar-refractivity contribution in [1.29, 1.82) is 0 Å². The summed E-state index contributed by atoms with van der Waals surface area (Å²) >= 11 is 0. The van der Waals surface area contributed by atoms with E-state index in [4.69, 9.17) is 0 Å². The molecule has 4 heteroatoms. The van der Waals surface area contributed by atoms with Crippen LogP contribution in [0, 0.1) is 6.92 Å². The predicted octanol–water partition coefficient (Wildman–Crippen LogP) is 0.971. The van der Waals surface area contributed by atoms with Crippen LogP contribution in [-0.4, -0.2) is 34.3 Å². The van der Waals surface area contributed by atoms with Crippen LogP contribution in [0.1, 0.15) is 25.0 Å². The Morgan fingerprint density at radius 2 is 2.00 bits per heavy atom. The lowest BCUT2D eigenvalue weighted by Crippen LogP contribution is -2.34. The van der Waals surface area contributed by atoms with Crippen LogP contribution in [0.25, 0.3) is 0 Å². The van der Waals surface area contributed by atoms with E-state index in [1.54, 1.807) is 10.7 Å². The van der Waals surface area contributed by atoms with Gasteiger partial charge in [0.1, 0.15) is 0 Å². The minimum absolute atomic E-state index is 0.0875. The SMILES string of the molecule is Cc1cc(=O)n(CCN2CCCCC2)[nH]1. The normalized spacial score (nSPS) is 18.2. The molecule has 1 fully saturated rings. The molecule has 0 bridgehead atoms. The maximum Gasteiger partial charge on any atom is 0.266 e. The summed E-state index contributed by atoms with van der Waals surface area (Å²) in [5.74, 6) is 0. The summed E-state index contributed by atoms with van der Waals surface area (Å²) in [6, 6.07) is 1.65. The van der Waals surface area contributed by atoms with Crippen LogP contribution in [0.2, 0.25) is 0 Å². The van der Waals surface area contributed by atoms with E-state index in [2.05, 4.69) is 10.00 Å². The zero-order valence-electron chi connectivity index (χ0n) is 9.33. The molecule has 1 aromatic heterocycles. The summed E-state index contributed by atoms with van der Waals surface area (Å²) in [6.07, 6.45) is 3.97. The lowest BCUT2D eigenvalue weighted by molar-refractivity contribution is 0.217. The van der Waals surface area contributed by atoms with E-state index in [0.717, 1.165) is 18.8 Å². The van der Waals surface area contributed by atoms with Gasteiger partial charge in [0.05, 0.1) is 6.54 Å². The van der Waals surface area contributed by atoms with Crippen molar-refractivity contribution in [3.8, 4) is 0 Å². The van der Waals surface area contributed by atoms with Crippen molar-refractivity contribution in [3.05, 3.63) is 22.1 Å².